The smallest absolute Gasteiger partial charge is 0.339 e. The molecule has 1 N–H and O–H groups in total. The zero-order valence-corrected chi connectivity index (χ0v) is 9.62. The third kappa shape index (κ3) is 2.54. The second kappa shape index (κ2) is 5.54. The van der Waals surface area contributed by atoms with Crippen LogP contribution in [-0.2, 0) is 11.3 Å². The van der Waals surface area contributed by atoms with E-state index in [2.05, 4.69) is 12.6 Å². The summed E-state index contributed by atoms with van der Waals surface area (Å²) in [5.41, 5.74) is 0.651. The molecule has 0 aromatic heterocycles. The van der Waals surface area contributed by atoms with Gasteiger partial charge >= 0.3 is 5.97 Å². The Kier molecular flexibility index (Phi) is 4.35. The fourth-order valence-corrected chi connectivity index (χ4v) is 1.60. The molecular formula is C11H11NO3S. The van der Waals surface area contributed by atoms with Crippen LogP contribution in [0.15, 0.2) is 17.0 Å². The van der Waals surface area contributed by atoms with Crippen LogP contribution in [0.25, 0.3) is 0 Å². The minimum absolute atomic E-state index is 0.138. The van der Waals surface area contributed by atoms with E-state index in [9.17, 15) is 4.79 Å². The molecule has 0 aliphatic heterocycles. The number of benzene rings is 1. The summed E-state index contributed by atoms with van der Waals surface area (Å²) in [7, 11) is 0. The van der Waals surface area contributed by atoms with Gasteiger partial charge in [-0.05, 0) is 24.6 Å². The number of carbonyl (C=O) groups excluding carboxylic acids is 1. The molecule has 0 heterocycles. The van der Waals surface area contributed by atoms with Crippen LogP contribution in [0.4, 0.5) is 0 Å². The molecule has 16 heavy (non-hydrogen) atoms. The lowest BCUT2D eigenvalue weighted by atomic mass is 10.0. The molecule has 0 fully saturated rings. The number of nitrogens with zero attached hydrogens (tertiary/aromatic N) is 1. The van der Waals surface area contributed by atoms with Crippen molar-refractivity contribution in [3.05, 3.63) is 28.8 Å². The summed E-state index contributed by atoms with van der Waals surface area (Å²) in [6.07, 6.45) is 0. The van der Waals surface area contributed by atoms with Crippen molar-refractivity contribution in [3.63, 3.8) is 0 Å². The number of ether oxygens (including phenoxy) is 1. The maximum atomic E-state index is 11.6. The van der Waals surface area contributed by atoms with Crippen LogP contribution in [0.5, 0.6) is 0 Å². The first-order chi connectivity index (χ1) is 7.63. The fraction of sp³-hybridized carbons (Fsp3) is 0.273. The van der Waals surface area contributed by atoms with Crippen molar-refractivity contribution in [3.8, 4) is 6.07 Å². The van der Waals surface area contributed by atoms with Gasteiger partial charge in [-0.1, -0.05) is 0 Å². The Morgan fingerprint density at radius 2 is 2.31 bits per heavy atom. The number of aliphatic hydroxyl groups is 1. The average Bonchev–Trinajstić information content (AvgIpc) is 2.28. The summed E-state index contributed by atoms with van der Waals surface area (Å²) in [6, 6.07) is 4.89. The van der Waals surface area contributed by atoms with Gasteiger partial charge in [-0.2, -0.15) is 5.26 Å². The summed E-state index contributed by atoms with van der Waals surface area (Å²) in [6.45, 7) is 1.60. The van der Waals surface area contributed by atoms with E-state index in [1.165, 1.54) is 6.07 Å². The first kappa shape index (κ1) is 12.6. The van der Waals surface area contributed by atoms with E-state index in [1.807, 2.05) is 6.07 Å². The van der Waals surface area contributed by atoms with Crippen LogP contribution in [0.1, 0.15) is 28.4 Å². The molecule has 0 spiro atoms. The lowest BCUT2D eigenvalue weighted by Gasteiger charge is -2.08. The molecule has 5 heteroatoms. The highest BCUT2D eigenvalue weighted by Gasteiger charge is 2.16. The van der Waals surface area contributed by atoms with E-state index in [0.717, 1.165) is 0 Å². The Morgan fingerprint density at radius 1 is 1.62 bits per heavy atom. The van der Waals surface area contributed by atoms with Crippen LogP contribution < -0.4 is 0 Å². The van der Waals surface area contributed by atoms with Crippen LogP contribution in [-0.4, -0.2) is 17.7 Å². The minimum Gasteiger partial charge on any atom is -0.462 e. The Balaban J connectivity index is 3.32. The van der Waals surface area contributed by atoms with Crippen molar-refractivity contribution in [1.82, 2.24) is 0 Å². The number of rotatable bonds is 3. The highest BCUT2D eigenvalue weighted by Crippen LogP contribution is 2.20. The van der Waals surface area contributed by atoms with Gasteiger partial charge in [0.2, 0.25) is 0 Å². The maximum Gasteiger partial charge on any atom is 0.339 e. The van der Waals surface area contributed by atoms with Crippen molar-refractivity contribution in [2.75, 3.05) is 6.61 Å². The molecule has 1 aromatic carbocycles. The number of aliphatic hydroxyl groups excluding tert-OH is 1. The number of carbonyl (C=O) groups is 1. The van der Waals surface area contributed by atoms with E-state index in [1.54, 1.807) is 13.0 Å². The molecule has 0 bridgehead atoms. The highest BCUT2D eigenvalue weighted by atomic mass is 32.1. The molecule has 0 saturated carbocycles. The fourth-order valence-electron chi connectivity index (χ4n) is 1.31. The molecule has 1 aromatic rings. The van der Waals surface area contributed by atoms with Gasteiger partial charge in [-0.25, -0.2) is 4.79 Å². The van der Waals surface area contributed by atoms with Gasteiger partial charge in [-0.15, -0.1) is 12.6 Å². The Bertz CT molecular complexity index is 451. The lowest BCUT2D eigenvalue weighted by Crippen LogP contribution is -2.09. The third-order valence-electron chi connectivity index (χ3n) is 1.98. The average molecular weight is 237 g/mol. The predicted molar refractivity (Wildman–Crippen MR) is 60.3 cm³/mol. The zero-order chi connectivity index (χ0) is 12.1. The molecule has 1 rings (SSSR count). The number of hydrogen-bond acceptors (Lipinski definition) is 5. The molecule has 0 amide bonds. The molecule has 0 aliphatic carbocycles. The van der Waals surface area contributed by atoms with Crippen LogP contribution in [0.2, 0.25) is 0 Å². The van der Waals surface area contributed by atoms with Crippen molar-refractivity contribution >= 4 is 18.6 Å². The maximum absolute atomic E-state index is 11.6. The van der Waals surface area contributed by atoms with Gasteiger partial charge in [0.15, 0.2) is 0 Å². The standard InChI is InChI=1S/C11H11NO3S/c1-2-15-11(14)9-4-8(16)3-7(6-13)10(9)5-12/h3-4,13,16H,2,6H2,1H3. The number of nitriles is 1. The van der Waals surface area contributed by atoms with Crippen LogP contribution >= 0.6 is 12.6 Å². The molecule has 4 nitrogen and oxygen atoms in total. The van der Waals surface area contributed by atoms with E-state index in [4.69, 9.17) is 15.1 Å². The van der Waals surface area contributed by atoms with Gasteiger partial charge in [0.25, 0.3) is 0 Å². The summed E-state index contributed by atoms with van der Waals surface area (Å²) >= 11 is 4.10. The Hall–Kier alpha value is -1.51. The van der Waals surface area contributed by atoms with E-state index in [-0.39, 0.29) is 24.3 Å². The van der Waals surface area contributed by atoms with Gasteiger partial charge < -0.3 is 9.84 Å². The van der Waals surface area contributed by atoms with Gasteiger partial charge in [-0.3, -0.25) is 0 Å². The largest absolute Gasteiger partial charge is 0.462 e. The first-order valence-corrected chi connectivity index (χ1v) is 5.12. The summed E-state index contributed by atoms with van der Waals surface area (Å²) in [5.74, 6) is -0.579. The Morgan fingerprint density at radius 3 is 2.81 bits per heavy atom. The molecular weight excluding hydrogens is 226 g/mol. The Labute approximate surface area is 98.9 Å². The molecule has 0 atom stereocenters. The normalized spacial score (nSPS) is 9.62. The summed E-state index contributed by atoms with van der Waals surface area (Å²) in [5, 5.41) is 18.0. The molecule has 0 radical (unpaired) electrons. The van der Waals surface area contributed by atoms with E-state index >= 15 is 0 Å². The summed E-state index contributed by atoms with van der Waals surface area (Å²) < 4.78 is 4.82. The summed E-state index contributed by atoms with van der Waals surface area (Å²) in [4.78, 5) is 12.1. The van der Waals surface area contributed by atoms with Crippen molar-refractivity contribution in [2.24, 2.45) is 0 Å². The lowest BCUT2D eigenvalue weighted by molar-refractivity contribution is 0.0525. The minimum atomic E-state index is -0.579. The van der Waals surface area contributed by atoms with Gasteiger partial charge in [0, 0.05) is 4.90 Å². The second-order valence-corrected chi connectivity index (χ2v) is 3.53. The van der Waals surface area contributed by atoms with Crippen LogP contribution in [0, 0.1) is 11.3 Å². The molecule has 0 aliphatic rings. The topological polar surface area (TPSA) is 70.3 Å². The van der Waals surface area contributed by atoms with E-state index < -0.39 is 5.97 Å². The number of esters is 1. The first-order valence-electron chi connectivity index (χ1n) is 4.68. The quantitative estimate of drug-likeness (QED) is 0.617. The number of hydrogen-bond donors (Lipinski definition) is 2. The predicted octanol–water partition coefficient (Wildman–Crippen LogP) is 1.52. The molecule has 0 saturated heterocycles. The van der Waals surface area contributed by atoms with Gasteiger partial charge in [0.05, 0.1) is 24.3 Å². The SMILES string of the molecule is CCOC(=O)c1cc(S)cc(CO)c1C#N. The van der Waals surface area contributed by atoms with Crippen molar-refractivity contribution in [2.45, 2.75) is 18.4 Å². The van der Waals surface area contributed by atoms with Crippen molar-refractivity contribution < 1.29 is 14.6 Å². The van der Waals surface area contributed by atoms with Crippen LogP contribution in [0.3, 0.4) is 0 Å². The molecule has 84 valence electrons. The van der Waals surface area contributed by atoms with Gasteiger partial charge in [0.1, 0.15) is 6.07 Å². The van der Waals surface area contributed by atoms with Crippen molar-refractivity contribution in [1.29, 1.82) is 5.26 Å². The van der Waals surface area contributed by atoms with E-state index in [0.29, 0.717) is 10.5 Å². The second-order valence-electron chi connectivity index (χ2n) is 3.02. The molecule has 0 unspecified atom stereocenters. The monoisotopic (exact) mass is 237 g/mol. The zero-order valence-electron chi connectivity index (χ0n) is 8.73. The highest BCUT2D eigenvalue weighted by molar-refractivity contribution is 7.80. The number of thiol groups is 1. The third-order valence-corrected chi connectivity index (χ3v) is 2.24.